The van der Waals surface area contributed by atoms with Crippen molar-refractivity contribution in [3.05, 3.63) is 12.7 Å². The number of allylic oxidation sites excluding steroid dienone is 1. The third-order valence-electron chi connectivity index (χ3n) is 4.04. The number of piperazine rings is 1. The van der Waals surface area contributed by atoms with Crippen LogP contribution in [0, 0.1) is 5.92 Å². The topological polar surface area (TPSA) is 49.9 Å². The Morgan fingerprint density at radius 1 is 1.43 bits per heavy atom. The Hall–Kier alpha value is -1.52. The summed E-state index contributed by atoms with van der Waals surface area (Å²) in [6.07, 6.45) is 4.15. The van der Waals surface area contributed by atoms with E-state index in [1.807, 2.05) is 31.7 Å². The van der Waals surface area contributed by atoms with Crippen LogP contribution in [0.15, 0.2) is 12.7 Å². The van der Waals surface area contributed by atoms with Gasteiger partial charge in [0.15, 0.2) is 0 Å². The maximum Gasteiger partial charge on any atom is 0.410 e. The molecule has 0 spiro atoms. The summed E-state index contributed by atoms with van der Waals surface area (Å²) in [4.78, 5) is 28.1. The number of carbonyl (C=O) groups excluding carboxylic acids is 2. The molecule has 2 heterocycles. The first-order valence-electron chi connectivity index (χ1n) is 7.71. The molecule has 2 aliphatic heterocycles. The van der Waals surface area contributed by atoms with E-state index in [0.717, 1.165) is 19.3 Å². The highest BCUT2D eigenvalue weighted by atomic mass is 16.6. The molecule has 2 amide bonds. The second-order valence-electron chi connectivity index (χ2n) is 6.91. The number of carbonyl (C=O) groups is 2. The smallest absolute Gasteiger partial charge is 0.410 e. The zero-order valence-electron chi connectivity index (χ0n) is 13.3. The highest BCUT2D eigenvalue weighted by Crippen LogP contribution is 2.31. The average Bonchev–Trinajstić information content (AvgIpc) is 2.70. The van der Waals surface area contributed by atoms with Crippen molar-refractivity contribution >= 4 is 12.0 Å². The molecule has 2 rings (SSSR count). The molecule has 0 unspecified atom stereocenters. The Labute approximate surface area is 126 Å². The van der Waals surface area contributed by atoms with Crippen LogP contribution in [0.2, 0.25) is 0 Å². The standard InChI is InChI=1S/C16H26N2O3/c1-5-6-7-12-10-13-11-17(8-9-18(13)14(12)19)15(20)21-16(2,3)4/h5,12-13H,1,6-11H2,2-4H3/t12-,13-/m0/s1. The minimum absolute atomic E-state index is 0.0894. The van der Waals surface area contributed by atoms with Gasteiger partial charge in [0.1, 0.15) is 5.60 Å². The summed E-state index contributed by atoms with van der Waals surface area (Å²) in [6.45, 7) is 11.1. The van der Waals surface area contributed by atoms with Crippen molar-refractivity contribution < 1.29 is 14.3 Å². The van der Waals surface area contributed by atoms with Gasteiger partial charge in [0.2, 0.25) is 5.91 Å². The lowest BCUT2D eigenvalue weighted by Crippen LogP contribution is -2.54. The lowest BCUT2D eigenvalue weighted by atomic mass is 9.99. The maximum atomic E-state index is 12.3. The first kappa shape index (κ1) is 15.9. The minimum Gasteiger partial charge on any atom is -0.444 e. The van der Waals surface area contributed by atoms with Gasteiger partial charge in [-0.1, -0.05) is 6.08 Å². The third-order valence-corrected chi connectivity index (χ3v) is 4.04. The van der Waals surface area contributed by atoms with E-state index in [1.165, 1.54) is 0 Å². The Bertz CT molecular complexity index is 428. The van der Waals surface area contributed by atoms with Crippen LogP contribution >= 0.6 is 0 Å². The SMILES string of the molecule is C=CCC[C@H]1C[C@H]2CN(C(=O)OC(C)(C)C)CCN2C1=O. The number of fused-ring (bicyclic) bond motifs is 1. The number of ether oxygens (including phenoxy) is 1. The van der Waals surface area contributed by atoms with Crippen LogP contribution in [0.25, 0.3) is 0 Å². The fourth-order valence-electron chi connectivity index (χ4n) is 3.06. The van der Waals surface area contributed by atoms with Crippen molar-refractivity contribution in [2.75, 3.05) is 19.6 Å². The van der Waals surface area contributed by atoms with Gasteiger partial charge in [-0.3, -0.25) is 4.79 Å². The van der Waals surface area contributed by atoms with Gasteiger partial charge in [0.05, 0.1) is 6.04 Å². The molecule has 2 aliphatic rings. The van der Waals surface area contributed by atoms with Gasteiger partial charge in [-0.05, 0) is 40.0 Å². The monoisotopic (exact) mass is 294 g/mol. The molecule has 0 radical (unpaired) electrons. The van der Waals surface area contributed by atoms with E-state index in [4.69, 9.17) is 4.74 Å². The van der Waals surface area contributed by atoms with Crippen LogP contribution in [-0.4, -0.2) is 53.1 Å². The highest BCUT2D eigenvalue weighted by molar-refractivity contribution is 5.82. The van der Waals surface area contributed by atoms with E-state index in [0.29, 0.717) is 19.6 Å². The Kier molecular flexibility index (Phi) is 4.59. The summed E-state index contributed by atoms with van der Waals surface area (Å²) in [7, 11) is 0. The van der Waals surface area contributed by atoms with E-state index in [2.05, 4.69) is 6.58 Å². The molecule has 2 atom stereocenters. The molecule has 0 aromatic rings. The molecular formula is C16H26N2O3. The van der Waals surface area contributed by atoms with Gasteiger partial charge in [-0.15, -0.1) is 6.58 Å². The summed E-state index contributed by atoms with van der Waals surface area (Å²) < 4.78 is 5.41. The van der Waals surface area contributed by atoms with Gasteiger partial charge in [0, 0.05) is 25.6 Å². The third kappa shape index (κ3) is 3.77. The van der Waals surface area contributed by atoms with Crippen LogP contribution in [0.3, 0.4) is 0 Å². The first-order valence-corrected chi connectivity index (χ1v) is 7.71. The molecule has 0 aliphatic carbocycles. The molecule has 5 nitrogen and oxygen atoms in total. The lowest BCUT2D eigenvalue weighted by molar-refractivity contribution is -0.133. The van der Waals surface area contributed by atoms with Gasteiger partial charge in [-0.25, -0.2) is 4.79 Å². The van der Waals surface area contributed by atoms with Crippen LogP contribution < -0.4 is 0 Å². The summed E-state index contributed by atoms with van der Waals surface area (Å²) in [5, 5.41) is 0. The molecule has 2 fully saturated rings. The van der Waals surface area contributed by atoms with Crippen LogP contribution in [0.5, 0.6) is 0 Å². The summed E-state index contributed by atoms with van der Waals surface area (Å²) >= 11 is 0. The molecule has 2 saturated heterocycles. The summed E-state index contributed by atoms with van der Waals surface area (Å²) in [6, 6.07) is 0.147. The van der Waals surface area contributed by atoms with Crippen molar-refractivity contribution in [2.24, 2.45) is 5.92 Å². The highest BCUT2D eigenvalue weighted by Gasteiger charge is 2.43. The van der Waals surface area contributed by atoms with E-state index in [9.17, 15) is 9.59 Å². The molecule has 0 saturated carbocycles. The largest absolute Gasteiger partial charge is 0.444 e. The van der Waals surface area contributed by atoms with E-state index in [-0.39, 0.29) is 24.0 Å². The average molecular weight is 294 g/mol. The number of hydrogen-bond donors (Lipinski definition) is 0. The predicted octanol–water partition coefficient (Wildman–Crippen LogP) is 2.42. The maximum absolute atomic E-state index is 12.3. The van der Waals surface area contributed by atoms with Crippen LogP contribution in [0.4, 0.5) is 4.79 Å². The zero-order valence-corrected chi connectivity index (χ0v) is 13.3. The van der Waals surface area contributed by atoms with E-state index < -0.39 is 5.60 Å². The minimum atomic E-state index is -0.480. The van der Waals surface area contributed by atoms with Gasteiger partial charge < -0.3 is 14.5 Å². The second-order valence-corrected chi connectivity index (χ2v) is 6.91. The van der Waals surface area contributed by atoms with Crippen LogP contribution in [0.1, 0.15) is 40.0 Å². The molecule has 0 aromatic heterocycles. The van der Waals surface area contributed by atoms with Crippen LogP contribution in [-0.2, 0) is 9.53 Å². The Balaban J connectivity index is 1.93. The lowest BCUT2D eigenvalue weighted by Gasteiger charge is -2.38. The second kappa shape index (κ2) is 6.08. The van der Waals surface area contributed by atoms with Crippen molar-refractivity contribution in [2.45, 2.75) is 51.7 Å². The normalized spacial score (nSPS) is 25.8. The zero-order chi connectivity index (χ0) is 15.6. The molecule has 0 N–H and O–H groups in total. The fraction of sp³-hybridized carbons (Fsp3) is 0.750. The molecule has 0 aromatic carbocycles. The predicted molar refractivity (Wildman–Crippen MR) is 80.8 cm³/mol. The molecule has 21 heavy (non-hydrogen) atoms. The Morgan fingerprint density at radius 3 is 2.76 bits per heavy atom. The fourth-order valence-corrected chi connectivity index (χ4v) is 3.06. The van der Waals surface area contributed by atoms with E-state index in [1.54, 1.807) is 4.90 Å². The van der Waals surface area contributed by atoms with Crippen molar-refractivity contribution in [1.29, 1.82) is 0 Å². The summed E-state index contributed by atoms with van der Waals surface area (Å²) in [5.41, 5.74) is -0.480. The molecule has 118 valence electrons. The molecule has 5 heteroatoms. The van der Waals surface area contributed by atoms with Gasteiger partial charge >= 0.3 is 6.09 Å². The number of rotatable bonds is 3. The van der Waals surface area contributed by atoms with Crippen molar-refractivity contribution in [3.63, 3.8) is 0 Å². The number of nitrogens with zero attached hydrogens (tertiary/aromatic N) is 2. The van der Waals surface area contributed by atoms with Crippen molar-refractivity contribution in [3.8, 4) is 0 Å². The first-order chi connectivity index (χ1) is 9.81. The van der Waals surface area contributed by atoms with Gasteiger partial charge in [-0.2, -0.15) is 0 Å². The quantitative estimate of drug-likeness (QED) is 0.751. The Morgan fingerprint density at radius 2 is 2.14 bits per heavy atom. The number of hydrogen-bond acceptors (Lipinski definition) is 3. The molecule has 0 bridgehead atoms. The molecular weight excluding hydrogens is 268 g/mol. The van der Waals surface area contributed by atoms with E-state index >= 15 is 0 Å². The summed E-state index contributed by atoms with van der Waals surface area (Å²) in [5.74, 6) is 0.331. The number of amides is 2. The van der Waals surface area contributed by atoms with Gasteiger partial charge in [0.25, 0.3) is 0 Å². The van der Waals surface area contributed by atoms with Crippen molar-refractivity contribution in [1.82, 2.24) is 9.80 Å².